The molecule has 0 spiro atoms. The van der Waals surface area contributed by atoms with Crippen LogP contribution in [-0.2, 0) is 9.53 Å². The molecule has 3 rings (SSSR count). The zero-order valence-corrected chi connectivity index (χ0v) is 23.1. The standard InChI is InChI=1S/C28H34ClF4N3O4/c1-17(2)16-36(21-8-11-40-12-9-21)25-6-3-18(19(14-26(37)38)7-10-28(31,32)33)13-24(25)35-27(39)34-23-5-4-20(29)15-22(23)30/h3-6,13,15,17,19,21H,7-12,14,16H2,1-2H3,(H,37,38)(H2,34,35,39). The number of carboxylic acids is 1. The van der Waals surface area contributed by atoms with Crippen LogP contribution in [0.3, 0.4) is 0 Å². The smallest absolute Gasteiger partial charge is 0.389 e. The van der Waals surface area contributed by atoms with Gasteiger partial charge in [-0.25, -0.2) is 9.18 Å². The molecule has 3 N–H and O–H groups in total. The molecule has 40 heavy (non-hydrogen) atoms. The van der Waals surface area contributed by atoms with Crippen molar-refractivity contribution in [3.63, 3.8) is 0 Å². The second kappa shape index (κ2) is 14.0. The highest BCUT2D eigenvalue weighted by Gasteiger charge is 2.31. The Morgan fingerprint density at radius 1 is 1.10 bits per heavy atom. The van der Waals surface area contributed by atoms with Gasteiger partial charge in [0.15, 0.2) is 0 Å². The van der Waals surface area contributed by atoms with Crippen molar-refractivity contribution in [1.82, 2.24) is 0 Å². The summed E-state index contributed by atoms with van der Waals surface area (Å²) >= 11 is 5.80. The van der Waals surface area contributed by atoms with E-state index in [0.717, 1.165) is 18.9 Å². The number of hydrogen-bond donors (Lipinski definition) is 3. The van der Waals surface area contributed by atoms with Gasteiger partial charge in [0.25, 0.3) is 0 Å². The van der Waals surface area contributed by atoms with Crippen LogP contribution < -0.4 is 15.5 Å². The van der Waals surface area contributed by atoms with Gasteiger partial charge in [-0.05, 0) is 67.0 Å². The molecule has 1 heterocycles. The summed E-state index contributed by atoms with van der Waals surface area (Å²) in [5.74, 6) is -2.68. The van der Waals surface area contributed by atoms with E-state index in [9.17, 15) is 32.3 Å². The summed E-state index contributed by atoms with van der Waals surface area (Å²) in [5.41, 5.74) is 1.14. The molecule has 0 saturated carbocycles. The van der Waals surface area contributed by atoms with Crippen LogP contribution in [0.25, 0.3) is 0 Å². The fraction of sp³-hybridized carbons (Fsp3) is 0.500. The molecular weight excluding hydrogens is 554 g/mol. The first kappa shape index (κ1) is 31.5. The predicted octanol–water partition coefficient (Wildman–Crippen LogP) is 7.67. The summed E-state index contributed by atoms with van der Waals surface area (Å²) in [6.45, 7) is 5.84. The van der Waals surface area contributed by atoms with E-state index in [2.05, 4.69) is 15.5 Å². The van der Waals surface area contributed by atoms with Gasteiger partial charge in [0.05, 0.1) is 23.5 Å². The van der Waals surface area contributed by atoms with Gasteiger partial charge in [-0.15, -0.1) is 0 Å². The van der Waals surface area contributed by atoms with Gasteiger partial charge in [0.2, 0.25) is 0 Å². The molecule has 1 atom stereocenters. The third-order valence-electron chi connectivity index (χ3n) is 6.62. The van der Waals surface area contributed by atoms with E-state index in [1.165, 1.54) is 18.2 Å². The lowest BCUT2D eigenvalue weighted by Crippen LogP contribution is -2.42. The maximum absolute atomic E-state index is 14.3. The van der Waals surface area contributed by atoms with E-state index in [0.29, 0.717) is 31.0 Å². The minimum absolute atomic E-state index is 0.0827. The molecule has 1 unspecified atom stereocenters. The van der Waals surface area contributed by atoms with Crippen LogP contribution in [0.1, 0.15) is 57.4 Å². The quantitative estimate of drug-likeness (QED) is 0.235. The third-order valence-corrected chi connectivity index (χ3v) is 6.85. The van der Waals surface area contributed by atoms with Crippen LogP contribution in [0.2, 0.25) is 5.02 Å². The molecule has 1 fully saturated rings. The van der Waals surface area contributed by atoms with Crippen LogP contribution >= 0.6 is 11.6 Å². The highest BCUT2D eigenvalue weighted by molar-refractivity contribution is 6.30. The summed E-state index contributed by atoms with van der Waals surface area (Å²) in [7, 11) is 0. The van der Waals surface area contributed by atoms with Gasteiger partial charge in [-0.1, -0.05) is 31.5 Å². The molecule has 1 saturated heterocycles. The highest BCUT2D eigenvalue weighted by atomic mass is 35.5. The topological polar surface area (TPSA) is 90.9 Å². The van der Waals surface area contributed by atoms with Gasteiger partial charge in [-0.2, -0.15) is 13.2 Å². The Morgan fingerprint density at radius 2 is 1.77 bits per heavy atom. The maximum atomic E-state index is 14.3. The van der Waals surface area contributed by atoms with Gasteiger partial charge in [-0.3, -0.25) is 4.79 Å². The lowest BCUT2D eigenvalue weighted by Gasteiger charge is -2.38. The molecule has 0 bridgehead atoms. The SMILES string of the molecule is CC(C)CN(c1ccc(C(CCC(F)(F)F)CC(=O)O)cc1NC(=O)Nc1ccc(Cl)cc1F)C1CCOCC1. The molecule has 2 amide bonds. The third kappa shape index (κ3) is 9.55. The van der Waals surface area contributed by atoms with Crippen LogP contribution in [-0.4, -0.2) is 49.1 Å². The van der Waals surface area contributed by atoms with E-state index in [-0.39, 0.29) is 28.4 Å². The van der Waals surface area contributed by atoms with Crippen molar-refractivity contribution in [3.8, 4) is 0 Å². The van der Waals surface area contributed by atoms with Gasteiger partial charge in [0.1, 0.15) is 5.82 Å². The van der Waals surface area contributed by atoms with Crippen molar-refractivity contribution in [3.05, 3.63) is 52.8 Å². The van der Waals surface area contributed by atoms with Crippen LogP contribution in [0, 0.1) is 11.7 Å². The number of alkyl halides is 3. The number of benzene rings is 2. The number of carbonyl (C=O) groups excluding carboxylic acids is 1. The minimum atomic E-state index is -4.45. The van der Waals surface area contributed by atoms with E-state index in [4.69, 9.17) is 16.3 Å². The van der Waals surface area contributed by atoms with Gasteiger partial charge >= 0.3 is 18.2 Å². The lowest BCUT2D eigenvalue weighted by atomic mass is 9.90. The average Bonchev–Trinajstić information content (AvgIpc) is 2.86. The fourth-order valence-corrected chi connectivity index (χ4v) is 4.95. The molecular formula is C28H34ClF4N3O4. The largest absolute Gasteiger partial charge is 0.481 e. The zero-order chi connectivity index (χ0) is 29.4. The fourth-order valence-electron chi connectivity index (χ4n) is 4.79. The normalized spacial score (nSPS) is 15.1. The number of anilines is 3. The monoisotopic (exact) mass is 587 g/mol. The van der Waals surface area contributed by atoms with Crippen LogP contribution in [0.5, 0.6) is 0 Å². The molecule has 12 heteroatoms. The molecule has 7 nitrogen and oxygen atoms in total. The lowest BCUT2D eigenvalue weighted by molar-refractivity contribution is -0.142. The summed E-state index contributed by atoms with van der Waals surface area (Å²) in [4.78, 5) is 26.6. The Bertz CT molecular complexity index is 1170. The molecule has 0 aliphatic carbocycles. The van der Waals surface area contributed by atoms with E-state index >= 15 is 0 Å². The molecule has 2 aromatic rings. The summed E-state index contributed by atoms with van der Waals surface area (Å²) < 4.78 is 58.9. The van der Waals surface area contributed by atoms with Crippen LogP contribution in [0.15, 0.2) is 36.4 Å². The number of hydrogen-bond acceptors (Lipinski definition) is 4. The van der Waals surface area contributed by atoms with Crippen LogP contribution in [0.4, 0.5) is 39.4 Å². The minimum Gasteiger partial charge on any atom is -0.481 e. The molecule has 0 radical (unpaired) electrons. The van der Waals surface area contributed by atoms with E-state index in [1.807, 2.05) is 13.8 Å². The predicted molar refractivity (Wildman–Crippen MR) is 147 cm³/mol. The Morgan fingerprint density at radius 3 is 2.38 bits per heavy atom. The number of amides is 2. The van der Waals surface area contributed by atoms with E-state index in [1.54, 1.807) is 12.1 Å². The highest BCUT2D eigenvalue weighted by Crippen LogP contribution is 2.37. The van der Waals surface area contributed by atoms with Gasteiger partial charge < -0.3 is 25.4 Å². The Labute approximate surface area is 235 Å². The average molecular weight is 588 g/mol. The van der Waals surface area contributed by atoms with Crippen molar-refractivity contribution < 1.29 is 37.0 Å². The number of carboxylic acid groups (broad SMARTS) is 1. The number of nitrogens with one attached hydrogen (secondary N) is 2. The summed E-state index contributed by atoms with van der Waals surface area (Å²) in [6, 6.07) is 7.92. The number of urea groups is 1. The number of carbonyl (C=O) groups is 2. The molecule has 1 aliphatic heterocycles. The second-order valence-electron chi connectivity index (χ2n) is 10.3. The van der Waals surface area contributed by atoms with E-state index < -0.39 is 49.2 Å². The van der Waals surface area contributed by atoms with Crippen molar-refractivity contribution in [2.24, 2.45) is 5.92 Å². The van der Waals surface area contributed by atoms with Gasteiger partial charge in [0, 0.05) is 37.2 Å². The molecule has 2 aromatic carbocycles. The summed E-state index contributed by atoms with van der Waals surface area (Å²) in [5, 5.41) is 14.7. The Kier molecular flexibility index (Phi) is 11.0. The van der Waals surface area contributed by atoms with Crippen molar-refractivity contribution in [2.45, 2.75) is 64.1 Å². The maximum Gasteiger partial charge on any atom is 0.389 e. The Balaban J connectivity index is 2.01. The second-order valence-corrected chi connectivity index (χ2v) is 10.8. The molecule has 220 valence electrons. The Hall–Kier alpha value is -3.05. The summed E-state index contributed by atoms with van der Waals surface area (Å²) in [6.07, 6.45) is -5.05. The first-order valence-corrected chi connectivity index (χ1v) is 13.5. The first-order valence-electron chi connectivity index (χ1n) is 13.1. The first-order chi connectivity index (χ1) is 18.8. The number of halogens is 5. The molecule has 1 aliphatic rings. The van der Waals surface area contributed by atoms with Crippen molar-refractivity contribution in [2.75, 3.05) is 35.3 Å². The van der Waals surface area contributed by atoms with Crippen molar-refractivity contribution in [1.29, 1.82) is 0 Å². The van der Waals surface area contributed by atoms with Crippen molar-refractivity contribution >= 4 is 40.7 Å². The number of aliphatic carboxylic acids is 1. The zero-order valence-electron chi connectivity index (χ0n) is 22.4. The number of rotatable bonds is 11. The number of nitrogens with zero attached hydrogens (tertiary/aromatic N) is 1. The number of ether oxygens (including phenoxy) is 1. The molecule has 0 aromatic heterocycles.